The van der Waals surface area contributed by atoms with Crippen LogP contribution < -0.4 is 17.1 Å². The van der Waals surface area contributed by atoms with Gasteiger partial charge in [-0.05, 0) is 124 Å². The first-order valence-corrected chi connectivity index (χ1v) is 18.2. The summed E-state index contributed by atoms with van der Waals surface area (Å²) < 4.78 is 3.19. The third-order valence-corrected chi connectivity index (χ3v) is 10.7. The van der Waals surface area contributed by atoms with Gasteiger partial charge < -0.3 is 15.3 Å². The van der Waals surface area contributed by atoms with Gasteiger partial charge in [-0.25, -0.2) is 28.1 Å². The van der Waals surface area contributed by atoms with Gasteiger partial charge in [0.2, 0.25) is 0 Å². The summed E-state index contributed by atoms with van der Waals surface area (Å²) >= 11 is 0. The van der Waals surface area contributed by atoms with Crippen molar-refractivity contribution < 1.29 is 15.3 Å². The topological polar surface area (TPSA) is 127 Å². The van der Waals surface area contributed by atoms with E-state index >= 15 is 0 Å². The van der Waals surface area contributed by atoms with Crippen molar-refractivity contribution in [3.05, 3.63) is 116 Å². The molecule has 0 aliphatic rings. The molecule has 3 aromatic carbocycles. The van der Waals surface area contributed by atoms with Crippen LogP contribution >= 0.6 is 0 Å². The van der Waals surface area contributed by atoms with Crippen LogP contribution in [0.3, 0.4) is 0 Å². The van der Waals surface area contributed by atoms with Crippen LogP contribution in [0, 0.1) is 34.6 Å². The highest BCUT2D eigenvalue weighted by Gasteiger charge is 2.28. The van der Waals surface area contributed by atoms with Crippen LogP contribution in [0.4, 0.5) is 0 Å². The number of nitrogens with zero attached hydrogens (tertiary/aromatic N) is 3. The van der Waals surface area contributed by atoms with Crippen molar-refractivity contribution in [2.75, 3.05) is 0 Å². The lowest BCUT2D eigenvalue weighted by Crippen LogP contribution is -2.55. The van der Waals surface area contributed by atoms with E-state index < -0.39 is 17.1 Å². The third-order valence-electron chi connectivity index (χ3n) is 10.7. The number of aryl methyl sites for hydroxylation is 3. The fourth-order valence-electron chi connectivity index (χ4n) is 7.24. The minimum atomic E-state index is -0.791. The Balaban J connectivity index is 2.07. The number of benzene rings is 3. The molecule has 0 spiro atoms. The second-order valence-corrected chi connectivity index (χ2v) is 17.6. The number of aromatic nitrogens is 3. The predicted molar refractivity (Wildman–Crippen MR) is 210 cm³/mol. The first-order valence-electron chi connectivity index (χ1n) is 18.2. The van der Waals surface area contributed by atoms with Crippen molar-refractivity contribution in [2.45, 2.75) is 146 Å². The van der Waals surface area contributed by atoms with Crippen LogP contribution in [0.15, 0.2) is 32.6 Å². The van der Waals surface area contributed by atoms with Crippen molar-refractivity contribution in [1.82, 2.24) is 13.7 Å². The average molecular weight is 714 g/mol. The Bertz CT molecular complexity index is 2130. The lowest BCUT2D eigenvalue weighted by atomic mass is 9.82. The number of aromatic hydroxyl groups is 3. The van der Waals surface area contributed by atoms with E-state index in [-0.39, 0.29) is 53.1 Å². The maximum atomic E-state index is 14.5. The molecule has 0 radical (unpaired) electrons. The zero-order valence-corrected chi connectivity index (χ0v) is 34.0. The van der Waals surface area contributed by atoms with Gasteiger partial charge in [0, 0.05) is 0 Å². The highest BCUT2D eigenvalue weighted by atomic mass is 16.3. The Morgan fingerprint density at radius 3 is 1.04 bits per heavy atom. The Morgan fingerprint density at radius 2 is 0.750 bits per heavy atom. The first kappa shape index (κ1) is 40.2. The van der Waals surface area contributed by atoms with E-state index in [0.29, 0.717) is 39.8 Å². The van der Waals surface area contributed by atoms with Crippen LogP contribution in [0.1, 0.15) is 136 Å². The molecule has 9 heteroatoms. The van der Waals surface area contributed by atoms with Gasteiger partial charge in [0.05, 0.1) is 19.6 Å². The Kier molecular flexibility index (Phi) is 10.7. The summed E-state index contributed by atoms with van der Waals surface area (Å²) in [5.41, 5.74) is 4.92. The lowest BCUT2D eigenvalue weighted by molar-refractivity contribution is 0.437. The molecule has 4 rings (SSSR count). The molecule has 4 aromatic rings. The molecule has 9 nitrogen and oxygen atoms in total. The second-order valence-electron chi connectivity index (χ2n) is 17.6. The largest absolute Gasteiger partial charge is 0.507 e. The van der Waals surface area contributed by atoms with Crippen LogP contribution in [-0.2, 0) is 42.3 Å². The number of phenols is 3. The van der Waals surface area contributed by atoms with Gasteiger partial charge in [0.15, 0.2) is 0 Å². The summed E-state index contributed by atoms with van der Waals surface area (Å²) in [7, 11) is 0. The van der Waals surface area contributed by atoms with E-state index in [4.69, 9.17) is 0 Å². The summed E-state index contributed by atoms with van der Waals surface area (Å²) in [5.74, 6) is 0.323. The molecule has 1 heterocycles. The smallest absolute Gasteiger partial charge is 0.336 e. The van der Waals surface area contributed by atoms with Crippen LogP contribution in [0.25, 0.3) is 0 Å². The van der Waals surface area contributed by atoms with E-state index in [1.54, 1.807) is 20.8 Å². The zero-order chi connectivity index (χ0) is 39.6. The second kappa shape index (κ2) is 13.8. The van der Waals surface area contributed by atoms with Gasteiger partial charge in [0.1, 0.15) is 17.2 Å². The van der Waals surface area contributed by atoms with Gasteiger partial charge >= 0.3 is 17.1 Å². The monoisotopic (exact) mass is 713 g/mol. The van der Waals surface area contributed by atoms with Gasteiger partial charge in [-0.1, -0.05) is 87.4 Å². The lowest BCUT2D eigenvalue weighted by Gasteiger charge is -2.26. The molecular weight excluding hydrogens is 654 g/mol. The zero-order valence-electron chi connectivity index (χ0n) is 34.0. The number of hydrogen-bond acceptors (Lipinski definition) is 6. The molecular formula is C43H59N3O6. The minimum absolute atomic E-state index is 0.105. The van der Waals surface area contributed by atoms with E-state index in [2.05, 4.69) is 0 Å². The highest BCUT2D eigenvalue weighted by Crippen LogP contribution is 2.39. The fourth-order valence-corrected chi connectivity index (χ4v) is 7.24. The molecule has 3 N–H and O–H groups in total. The number of phenolic OH excluding ortho intramolecular Hbond substituents is 3. The third kappa shape index (κ3) is 7.24. The van der Waals surface area contributed by atoms with Gasteiger partial charge in [-0.15, -0.1) is 0 Å². The molecule has 0 saturated carbocycles. The van der Waals surface area contributed by atoms with Crippen molar-refractivity contribution in [3.8, 4) is 17.2 Å². The summed E-state index contributed by atoms with van der Waals surface area (Å²) in [4.78, 5) is 43.4. The van der Waals surface area contributed by atoms with E-state index in [1.165, 1.54) is 0 Å². The first-order chi connectivity index (χ1) is 23.7. The summed E-state index contributed by atoms with van der Waals surface area (Å²) in [6.07, 6.45) is 0.595. The van der Waals surface area contributed by atoms with Gasteiger partial charge in [-0.3, -0.25) is 0 Å². The molecule has 0 aliphatic carbocycles. The Morgan fingerprint density at radius 1 is 0.481 bits per heavy atom. The van der Waals surface area contributed by atoms with E-state index in [1.807, 2.05) is 101 Å². The molecule has 0 fully saturated rings. The number of rotatable bonds is 7. The van der Waals surface area contributed by atoms with E-state index in [9.17, 15) is 29.7 Å². The summed E-state index contributed by atoms with van der Waals surface area (Å²) in [6.45, 7) is 28.7. The van der Waals surface area contributed by atoms with Crippen molar-refractivity contribution >= 4 is 0 Å². The molecule has 0 atom stereocenters. The standard InChI is InChI=1S/C43H59N3O6/c1-16-28-19-34(43(13,14)15)37(49)27(6)31(28)22-46-39(51)44(20-29-23(2)17-32(41(7,8)9)35(47)25(29)4)38(50)45(40(46)52)21-30-24(3)18-33(42(10,11)12)36(48)26(30)5/h17-19,47-49H,16,20-22H2,1-15H3. The van der Waals surface area contributed by atoms with Crippen LogP contribution in [-0.4, -0.2) is 29.0 Å². The molecule has 0 saturated heterocycles. The molecule has 1 aromatic heterocycles. The number of hydrogen-bond donors (Lipinski definition) is 3. The van der Waals surface area contributed by atoms with Crippen molar-refractivity contribution in [3.63, 3.8) is 0 Å². The minimum Gasteiger partial charge on any atom is -0.507 e. The molecule has 0 bridgehead atoms. The average Bonchev–Trinajstić information content (AvgIpc) is 3.02. The summed E-state index contributed by atoms with van der Waals surface area (Å²) in [6, 6.07) is 5.72. The predicted octanol–water partition coefficient (Wildman–Crippen LogP) is 7.43. The molecule has 0 unspecified atom stereocenters. The molecule has 0 aliphatic heterocycles. The van der Waals surface area contributed by atoms with Crippen molar-refractivity contribution in [1.29, 1.82) is 0 Å². The fraction of sp³-hybridized carbons (Fsp3) is 0.512. The quantitative estimate of drug-likeness (QED) is 0.183. The van der Waals surface area contributed by atoms with Crippen LogP contribution in [0.5, 0.6) is 17.2 Å². The van der Waals surface area contributed by atoms with Gasteiger partial charge in [0.25, 0.3) is 0 Å². The summed E-state index contributed by atoms with van der Waals surface area (Å²) in [5, 5.41) is 33.9. The maximum Gasteiger partial charge on any atom is 0.336 e. The van der Waals surface area contributed by atoms with Gasteiger partial charge in [-0.2, -0.15) is 0 Å². The molecule has 282 valence electrons. The van der Waals surface area contributed by atoms with Crippen LogP contribution in [0.2, 0.25) is 0 Å². The van der Waals surface area contributed by atoms with E-state index in [0.717, 1.165) is 47.1 Å². The normalized spacial score (nSPS) is 12.5. The SMILES string of the molecule is CCc1cc(C(C)(C)C)c(O)c(C)c1Cn1c(=O)n(Cc2c(C)cc(C(C)(C)C)c(O)c2C)c(=O)n(Cc2c(C)cc(C(C)(C)C)c(O)c2C)c1=O. The molecule has 52 heavy (non-hydrogen) atoms. The Labute approximate surface area is 308 Å². The highest BCUT2D eigenvalue weighted by molar-refractivity contribution is 5.54. The Hall–Kier alpha value is -4.53. The maximum absolute atomic E-state index is 14.5. The van der Waals surface area contributed by atoms with Crippen molar-refractivity contribution in [2.24, 2.45) is 0 Å². The molecule has 0 amide bonds.